The summed E-state index contributed by atoms with van der Waals surface area (Å²) in [4.78, 5) is 16.3. The largest absolute Gasteiger partial charge is 0.506 e. The second kappa shape index (κ2) is 11.5. The third-order valence-corrected chi connectivity index (χ3v) is 6.88. The van der Waals surface area contributed by atoms with Crippen molar-refractivity contribution in [3.05, 3.63) is 92.6 Å². The van der Waals surface area contributed by atoms with Crippen LogP contribution >= 0.6 is 11.3 Å². The van der Waals surface area contributed by atoms with Crippen LogP contribution in [-0.2, 0) is 19.5 Å². The molecule has 8 heteroatoms. The first kappa shape index (κ1) is 24.9. The second-order valence-corrected chi connectivity index (χ2v) is 9.65. The van der Waals surface area contributed by atoms with Gasteiger partial charge in [-0.3, -0.25) is 9.69 Å². The minimum atomic E-state index is -0.778. The Hall–Kier alpha value is -3.17. The van der Waals surface area contributed by atoms with Crippen molar-refractivity contribution in [3.63, 3.8) is 0 Å². The van der Waals surface area contributed by atoms with E-state index in [-0.39, 0.29) is 10.6 Å². The Labute approximate surface area is 208 Å². The van der Waals surface area contributed by atoms with E-state index >= 15 is 0 Å². The number of nitrogens with zero attached hydrogens (tertiary/aromatic N) is 1. The number of para-hydroxylation sites is 1. The molecular weight excluding hydrogens is 462 g/mol. The van der Waals surface area contributed by atoms with Gasteiger partial charge in [0.15, 0.2) is 0 Å². The number of aromatic amines is 1. The molecular formula is C27H31N3O4S. The molecule has 0 aliphatic rings. The van der Waals surface area contributed by atoms with Crippen molar-refractivity contribution in [1.29, 1.82) is 0 Å². The number of aromatic nitrogens is 1. The van der Waals surface area contributed by atoms with E-state index in [1.54, 1.807) is 13.2 Å². The lowest BCUT2D eigenvalue weighted by atomic mass is 10.1. The number of H-pyrrole nitrogens is 1. The molecule has 3 aromatic carbocycles. The number of fused-ring (bicyclic) bond motifs is 1. The summed E-state index contributed by atoms with van der Waals surface area (Å²) in [5, 5.41) is 23.9. The minimum absolute atomic E-state index is 0.00990. The van der Waals surface area contributed by atoms with E-state index < -0.39 is 6.10 Å². The van der Waals surface area contributed by atoms with Crippen molar-refractivity contribution in [1.82, 2.24) is 15.2 Å². The molecule has 0 aliphatic heterocycles. The molecule has 1 atom stereocenters. The number of thiazole rings is 1. The maximum Gasteiger partial charge on any atom is 0.305 e. The highest BCUT2D eigenvalue weighted by Crippen LogP contribution is 2.31. The van der Waals surface area contributed by atoms with Crippen LogP contribution in [0.25, 0.3) is 10.2 Å². The first-order chi connectivity index (χ1) is 16.9. The number of aromatic hydroxyl groups is 1. The summed E-state index contributed by atoms with van der Waals surface area (Å²) in [7, 11) is 3.80. The van der Waals surface area contributed by atoms with Crippen LogP contribution in [0.15, 0.2) is 65.5 Å². The summed E-state index contributed by atoms with van der Waals surface area (Å²) in [5.41, 5.74) is 4.65. The van der Waals surface area contributed by atoms with E-state index in [1.165, 1.54) is 17.2 Å². The highest BCUT2D eigenvalue weighted by Gasteiger charge is 2.16. The third-order valence-electron chi connectivity index (χ3n) is 5.95. The Kier molecular flexibility index (Phi) is 8.20. The molecule has 35 heavy (non-hydrogen) atoms. The molecule has 0 bridgehead atoms. The van der Waals surface area contributed by atoms with Gasteiger partial charge >= 0.3 is 4.87 Å². The first-order valence-corrected chi connectivity index (χ1v) is 12.4. The lowest BCUT2D eigenvalue weighted by molar-refractivity contribution is 0.176. The average molecular weight is 494 g/mol. The van der Waals surface area contributed by atoms with Crippen LogP contribution in [-0.4, -0.2) is 47.3 Å². The SMILES string of the molecule is COc1ccccc1CN(C)Cc1cccc(CCNCC(O)c2ccc(O)c3[nH]c(=O)sc23)c1. The van der Waals surface area contributed by atoms with Crippen LogP contribution in [0, 0.1) is 0 Å². The van der Waals surface area contributed by atoms with Crippen LogP contribution in [0.2, 0.25) is 0 Å². The van der Waals surface area contributed by atoms with Gasteiger partial charge in [0.2, 0.25) is 0 Å². The Balaban J connectivity index is 1.29. The molecule has 1 unspecified atom stereocenters. The molecule has 0 spiro atoms. The molecule has 184 valence electrons. The standard InChI is InChI=1S/C27H31N3O4S/c1-30(17-20-8-3-4-9-24(20)34-2)16-19-7-5-6-18(14-19)12-13-28-15-23(32)21-10-11-22(31)25-26(21)35-27(33)29-25/h3-11,14,23,28,31-32H,12-13,15-17H2,1-2H3,(H,29,33). The van der Waals surface area contributed by atoms with E-state index in [0.29, 0.717) is 28.9 Å². The van der Waals surface area contributed by atoms with Crippen molar-refractivity contribution in [3.8, 4) is 11.5 Å². The summed E-state index contributed by atoms with van der Waals surface area (Å²) in [5.74, 6) is 0.913. The van der Waals surface area contributed by atoms with E-state index in [2.05, 4.69) is 52.6 Å². The number of hydrogen-bond donors (Lipinski definition) is 4. The van der Waals surface area contributed by atoms with Gasteiger partial charge in [0, 0.05) is 30.8 Å². The molecule has 0 aliphatic carbocycles. The maximum absolute atomic E-state index is 11.7. The Morgan fingerprint density at radius 3 is 2.71 bits per heavy atom. The maximum atomic E-state index is 11.7. The number of benzene rings is 3. The number of ether oxygens (including phenoxy) is 1. The fourth-order valence-electron chi connectivity index (χ4n) is 4.26. The van der Waals surface area contributed by atoms with Crippen LogP contribution in [0.1, 0.15) is 28.4 Å². The summed E-state index contributed by atoms with van der Waals surface area (Å²) in [6.07, 6.45) is 0.0544. The van der Waals surface area contributed by atoms with Gasteiger partial charge in [-0.05, 0) is 43.3 Å². The fraction of sp³-hybridized carbons (Fsp3) is 0.296. The summed E-state index contributed by atoms with van der Waals surface area (Å²) in [6.45, 7) is 2.69. The van der Waals surface area contributed by atoms with Crippen LogP contribution in [0.5, 0.6) is 11.5 Å². The van der Waals surface area contributed by atoms with E-state index in [0.717, 1.165) is 42.2 Å². The third kappa shape index (κ3) is 6.29. The van der Waals surface area contributed by atoms with Gasteiger partial charge in [-0.15, -0.1) is 0 Å². The Bertz CT molecular complexity index is 1330. The first-order valence-electron chi connectivity index (χ1n) is 11.6. The zero-order chi connectivity index (χ0) is 24.8. The molecule has 7 nitrogen and oxygen atoms in total. The predicted molar refractivity (Wildman–Crippen MR) is 140 cm³/mol. The quantitative estimate of drug-likeness (QED) is 0.237. The summed E-state index contributed by atoms with van der Waals surface area (Å²) in [6, 6.07) is 19.8. The lowest BCUT2D eigenvalue weighted by Gasteiger charge is -2.19. The summed E-state index contributed by atoms with van der Waals surface area (Å²) >= 11 is 0.996. The molecule has 0 saturated heterocycles. The van der Waals surface area contributed by atoms with Gasteiger partial charge < -0.3 is 25.3 Å². The van der Waals surface area contributed by atoms with Crippen molar-refractivity contribution in [2.75, 3.05) is 27.2 Å². The topological polar surface area (TPSA) is 97.8 Å². The van der Waals surface area contributed by atoms with Crippen molar-refractivity contribution in [2.24, 2.45) is 0 Å². The Morgan fingerprint density at radius 2 is 1.89 bits per heavy atom. The number of phenols is 1. The number of phenolic OH excluding ortho intramolecular Hbond substituents is 1. The number of hydrogen-bond acceptors (Lipinski definition) is 7. The van der Waals surface area contributed by atoms with Gasteiger partial charge in [0.1, 0.15) is 17.0 Å². The van der Waals surface area contributed by atoms with Crippen molar-refractivity contribution >= 4 is 21.6 Å². The van der Waals surface area contributed by atoms with Gasteiger partial charge in [0.05, 0.1) is 17.9 Å². The van der Waals surface area contributed by atoms with Crippen LogP contribution in [0.3, 0.4) is 0 Å². The van der Waals surface area contributed by atoms with E-state index in [4.69, 9.17) is 4.74 Å². The highest BCUT2D eigenvalue weighted by atomic mass is 32.1. The highest BCUT2D eigenvalue weighted by molar-refractivity contribution is 7.16. The zero-order valence-electron chi connectivity index (χ0n) is 20.0. The fourth-order valence-corrected chi connectivity index (χ4v) is 5.18. The molecule has 0 radical (unpaired) electrons. The zero-order valence-corrected chi connectivity index (χ0v) is 20.8. The molecule has 1 heterocycles. The van der Waals surface area contributed by atoms with Crippen LogP contribution < -0.4 is 14.9 Å². The average Bonchev–Trinajstić information content (AvgIpc) is 3.24. The number of aliphatic hydroxyl groups is 1. The molecule has 4 N–H and O–H groups in total. The molecule has 4 rings (SSSR count). The lowest BCUT2D eigenvalue weighted by Crippen LogP contribution is -2.24. The monoisotopic (exact) mass is 493 g/mol. The van der Waals surface area contributed by atoms with Crippen molar-refractivity contribution in [2.45, 2.75) is 25.6 Å². The molecule has 0 saturated carbocycles. The molecule has 0 fully saturated rings. The second-order valence-electron chi connectivity index (χ2n) is 8.67. The van der Waals surface area contributed by atoms with E-state index in [9.17, 15) is 15.0 Å². The molecule has 4 aromatic rings. The Morgan fingerprint density at radius 1 is 1.09 bits per heavy atom. The van der Waals surface area contributed by atoms with Gasteiger partial charge in [0.25, 0.3) is 0 Å². The number of rotatable bonds is 11. The van der Waals surface area contributed by atoms with E-state index in [1.807, 2.05) is 18.2 Å². The normalized spacial score (nSPS) is 12.3. The number of aliphatic hydroxyl groups excluding tert-OH is 1. The predicted octanol–water partition coefficient (Wildman–Crippen LogP) is 3.80. The van der Waals surface area contributed by atoms with Crippen molar-refractivity contribution < 1.29 is 14.9 Å². The number of methoxy groups -OCH3 is 1. The van der Waals surface area contributed by atoms with Gasteiger partial charge in [-0.25, -0.2) is 0 Å². The smallest absolute Gasteiger partial charge is 0.305 e. The number of nitrogens with one attached hydrogen (secondary N) is 2. The van der Waals surface area contributed by atoms with Gasteiger partial charge in [-0.1, -0.05) is 59.9 Å². The van der Waals surface area contributed by atoms with Gasteiger partial charge in [-0.2, -0.15) is 0 Å². The molecule has 1 aromatic heterocycles. The minimum Gasteiger partial charge on any atom is -0.506 e. The van der Waals surface area contributed by atoms with Crippen LogP contribution in [0.4, 0.5) is 0 Å². The molecule has 0 amide bonds. The summed E-state index contributed by atoms with van der Waals surface area (Å²) < 4.78 is 6.06.